The molecule has 0 atom stereocenters. The minimum absolute atomic E-state index is 0.273. The van der Waals surface area contributed by atoms with E-state index in [1.165, 1.54) is 34.7 Å². The molecule has 1 N–H and O–H groups in total. The summed E-state index contributed by atoms with van der Waals surface area (Å²) in [5.74, 6) is 1.57. The Balaban J connectivity index is 1.94. The fourth-order valence-electron chi connectivity index (χ4n) is 2.31. The Bertz CT molecular complexity index is 831. The highest BCUT2D eigenvalue weighted by atomic mass is 35.5. The molecule has 0 unspecified atom stereocenters. The lowest BCUT2D eigenvalue weighted by molar-refractivity contribution is -0.120. The molecule has 2 aromatic carbocycles. The van der Waals surface area contributed by atoms with Crippen molar-refractivity contribution in [2.45, 2.75) is 0 Å². The smallest absolute Gasteiger partial charge is 0.265 e. The van der Waals surface area contributed by atoms with Crippen LogP contribution in [0.1, 0.15) is 5.56 Å². The van der Waals surface area contributed by atoms with Crippen molar-refractivity contribution >= 4 is 29.4 Å². The van der Waals surface area contributed by atoms with Gasteiger partial charge in [-0.2, -0.15) is 0 Å². The third kappa shape index (κ3) is 5.43. The highest BCUT2D eigenvalue weighted by Crippen LogP contribution is 2.37. The van der Waals surface area contributed by atoms with Gasteiger partial charge in [0.05, 0.1) is 39.7 Å². The number of rotatable bonds is 9. The summed E-state index contributed by atoms with van der Waals surface area (Å²) in [5, 5.41) is 6.83. The van der Waals surface area contributed by atoms with Gasteiger partial charge in [-0.3, -0.25) is 4.79 Å². The fraction of sp³-hybridized carbons (Fsp3) is 0.263. The largest absolute Gasteiger partial charge is 0.495 e. The van der Waals surface area contributed by atoms with Gasteiger partial charge in [-0.25, -0.2) is 0 Å². The van der Waals surface area contributed by atoms with E-state index >= 15 is 0 Å². The van der Waals surface area contributed by atoms with Crippen molar-refractivity contribution in [3.05, 3.63) is 40.9 Å². The number of hydrogen-bond acceptors (Lipinski definition) is 7. The van der Waals surface area contributed by atoms with E-state index in [2.05, 4.69) is 10.5 Å². The van der Waals surface area contributed by atoms with Crippen molar-refractivity contribution < 1.29 is 28.6 Å². The molecule has 0 bridgehead atoms. The molecule has 0 aliphatic heterocycles. The summed E-state index contributed by atoms with van der Waals surface area (Å²) >= 11 is 6.02. The molecule has 8 nitrogen and oxygen atoms in total. The van der Waals surface area contributed by atoms with E-state index in [1.54, 1.807) is 30.3 Å². The van der Waals surface area contributed by atoms with E-state index in [1.807, 2.05) is 0 Å². The maximum absolute atomic E-state index is 11.9. The molecule has 0 saturated heterocycles. The summed E-state index contributed by atoms with van der Waals surface area (Å²) in [7, 11) is 6.07. The molecule has 0 fully saturated rings. The van der Waals surface area contributed by atoms with Crippen LogP contribution in [-0.4, -0.2) is 47.2 Å². The quantitative estimate of drug-likeness (QED) is 0.505. The lowest BCUT2D eigenvalue weighted by atomic mass is 10.2. The molecule has 2 rings (SSSR count). The summed E-state index contributed by atoms with van der Waals surface area (Å²) in [4.78, 5) is 17.0. The van der Waals surface area contributed by atoms with E-state index in [4.69, 9.17) is 35.4 Å². The number of oxime groups is 1. The maximum atomic E-state index is 11.9. The maximum Gasteiger partial charge on any atom is 0.265 e. The zero-order chi connectivity index (χ0) is 20.5. The molecule has 28 heavy (non-hydrogen) atoms. The van der Waals surface area contributed by atoms with E-state index < -0.39 is 0 Å². The predicted octanol–water partition coefficient (Wildman–Crippen LogP) is 3.36. The van der Waals surface area contributed by atoms with Crippen LogP contribution >= 0.6 is 11.6 Å². The highest BCUT2D eigenvalue weighted by molar-refractivity contribution is 6.32. The van der Waals surface area contributed by atoms with Crippen LogP contribution in [0.5, 0.6) is 23.0 Å². The topological polar surface area (TPSA) is 87.6 Å². The number of ether oxygens (including phenoxy) is 4. The Morgan fingerprint density at radius 1 is 1.00 bits per heavy atom. The first-order chi connectivity index (χ1) is 13.5. The van der Waals surface area contributed by atoms with Gasteiger partial charge >= 0.3 is 0 Å². The molecule has 0 aromatic heterocycles. The van der Waals surface area contributed by atoms with Crippen molar-refractivity contribution in [3.8, 4) is 23.0 Å². The number of carbonyl (C=O) groups is 1. The second kappa shape index (κ2) is 10.3. The minimum Gasteiger partial charge on any atom is -0.495 e. The van der Waals surface area contributed by atoms with Crippen molar-refractivity contribution in [3.63, 3.8) is 0 Å². The van der Waals surface area contributed by atoms with E-state index in [0.29, 0.717) is 39.3 Å². The van der Waals surface area contributed by atoms with Crippen LogP contribution in [0, 0.1) is 0 Å². The first-order valence-corrected chi connectivity index (χ1v) is 8.48. The first-order valence-electron chi connectivity index (χ1n) is 8.11. The number of benzene rings is 2. The van der Waals surface area contributed by atoms with Crippen molar-refractivity contribution in [2.75, 3.05) is 40.4 Å². The van der Waals surface area contributed by atoms with Crippen molar-refractivity contribution in [1.82, 2.24) is 0 Å². The van der Waals surface area contributed by atoms with E-state index in [9.17, 15) is 4.79 Å². The average molecular weight is 409 g/mol. The number of methoxy groups -OCH3 is 4. The zero-order valence-electron chi connectivity index (χ0n) is 15.9. The van der Waals surface area contributed by atoms with Gasteiger partial charge in [0.25, 0.3) is 5.91 Å². The summed E-state index contributed by atoms with van der Waals surface area (Å²) in [6, 6.07) is 8.31. The summed E-state index contributed by atoms with van der Waals surface area (Å²) < 4.78 is 20.8. The molecule has 0 aliphatic rings. The number of carbonyl (C=O) groups excluding carboxylic acids is 1. The van der Waals surface area contributed by atoms with Gasteiger partial charge < -0.3 is 29.1 Å². The van der Waals surface area contributed by atoms with Crippen molar-refractivity contribution in [1.29, 1.82) is 0 Å². The van der Waals surface area contributed by atoms with Gasteiger partial charge in [-0.1, -0.05) is 16.8 Å². The van der Waals surface area contributed by atoms with Gasteiger partial charge in [0.15, 0.2) is 18.1 Å². The molecule has 9 heteroatoms. The van der Waals surface area contributed by atoms with Gasteiger partial charge in [0, 0.05) is 11.3 Å². The number of nitrogens with one attached hydrogen (secondary N) is 1. The van der Waals surface area contributed by atoms with Gasteiger partial charge in [-0.15, -0.1) is 0 Å². The average Bonchev–Trinajstić information content (AvgIpc) is 2.70. The van der Waals surface area contributed by atoms with Crippen LogP contribution in [0.15, 0.2) is 35.5 Å². The molecule has 0 radical (unpaired) electrons. The van der Waals surface area contributed by atoms with Crippen LogP contribution in [0.4, 0.5) is 5.69 Å². The van der Waals surface area contributed by atoms with Crippen LogP contribution < -0.4 is 24.3 Å². The number of hydrogen-bond donors (Lipinski definition) is 1. The molecule has 2 aromatic rings. The molecule has 150 valence electrons. The molecule has 0 saturated carbocycles. The van der Waals surface area contributed by atoms with Gasteiger partial charge in [-0.05, 0) is 30.3 Å². The summed E-state index contributed by atoms with van der Waals surface area (Å²) in [6.45, 7) is -0.273. The van der Waals surface area contributed by atoms with E-state index in [-0.39, 0.29) is 12.5 Å². The Kier molecular flexibility index (Phi) is 7.76. The Morgan fingerprint density at radius 3 is 2.18 bits per heavy atom. The van der Waals surface area contributed by atoms with Gasteiger partial charge in [0.2, 0.25) is 5.75 Å². The van der Waals surface area contributed by atoms with Crippen LogP contribution in [0.2, 0.25) is 5.02 Å². The molecule has 0 heterocycles. The third-order valence-electron chi connectivity index (χ3n) is 3.59. The Labute approximate surface area is 167 Å². The SMILES string of the molecule is COc1ccc(NC(=O)CO/N=C/c2cc(OC)c(OC)c(OC)c2)cc1Cl. The number of halogens is 1. The molecule has 0 spiro atoms. The Morgan fingerprint density at radius 2 is 1.64 bits per heavy atom. The predicted molar refractivity (Wildman–Crippen MR) is 106 cm³/mol. The van der Waals surface area contributed by atoms with Crippen molar-refractivity contribution in [2.24, 2.45) is 5.16 Å². The molecular weight excluding hydrogens is 388 g/mol. The Hall–Kier alpha value is -3.13. The zero-order valence-corrected chi connectivity index (χ0v) is 16.7. The third-order valence-corrected chi connectivity index (χ3v) is 3.89. The summed E-state index contributed by atoms with van der Waals surface area (Å²) in [5.41, 5.74) is 1.17. The second-order valence-corrected chi connectivity index (χ2v) is 5.77. The van der Waals surface area contributed by atoms with Crippen LogP contribution in [0.25, 0.3) is 0 Å². The minimum atomic E-state index is -0.386. The van der Waals surface area contributed by atoms with E-state index in [0.717, 1.165) is 0 Å². The molecular formula is C19H21ClN2O6. The first kappa shape index (κ1) is 21.2. The monoisotopic (exact) mass is 408 g/mol. The summed E-state index contributed by atoms with van der Waals surface area (Å²) in [6.07, 6.45) is 1.43. The number of nitrogens with zero attached hydrogens (tertiary/aromatic N) is 1. The fourth-order valence-corrected chi connectivity index (χ4v) is 2.57. The lowest BCUT2D eigenvalue weighted by Crippen LogP contribution is -2.17. The standard InChI is InChI=1S/C19H21ClN2O6/c1-24-15-6-5-13(9-14(15)20)22-18(23)11-28-21-10-12-7-16(25-2)19(27-4)17(8-12)26-3/h5-10H,11H2,1-4H3,(H,22,23)/b21-10+. The number of amides is 1. The molecule has 1 amide bonds. The van der Waals surface area contributed by atoms with Crippen LogP contribution in [0.3, 0.4) is 0 Å². The lowest BCUT2D eigenvalue weighted by Gasteiger charge is -2.12. The van der Waals surface area contributed by atoms with Gasteiger partial charge in [0.1, 0.15) is 5.75 Å². The highest BCUT2D eigenvalue weighted by Gasteiger charge is 2.12. The second-order valence-electron chi connectivity index (χ2n) is 5.36. The number of anilines is 1. The van der Waals surface area contributed by atoms with Crippen LogP contribution in [-0.2, 0) is 9.63 Å². The molecule has 0 aliphatic carbocycles. The normalized spacial score (nSPS) is 10.5.